The molecule has 1 aliphatic heterocycles. The molecule has 0 radical (unpaired) electrons. The van der Waals surface area contributed by atoms with Crippen LogP contribution in [0.25, 0.3) is 0 Å². The SMILES string of the molecule is C[C@@H](Cc1ccccc1)N1CCC[C@@H](CN)C1. The van der Waals surface area contributed by atoms with E-state index in [0.29, 0.717) is 12.0 Å². The van der Waals surface area contributed by atoms with E-state index in [4.69, 9.17) is 5.73 Å². The lowest BCUT2D eigenvalue weighted by atomic mass is 9.95. The predicted octanol–water partition coefficient (Wildman–Crippen LogP) is 2.29. The molecule has 1 saturated heterocycles. The van der Waals surface area contributed by atoms with Crippen LogP contribution >= 0.6 is 0 Å². The molecule has 2 rings (SSSR count). The molecule has 0 unspecified atom stereocenters. The van der Waals surface area contributed by atoms with E-state index in [1.54, 1.807) is 0 Å². The van der Waals surface area contributed by atoms with Gasteiger partial charge in [0.15, 0.2) is 0 Å². The molecule has 2 nitrogen and oxygen atoms in total. The minimum atomic E-state index is 0.631. The molecule has 1 aromatic rings. The van der Waals surface area contributed by atoms with Crippen LogP contribution in [0, 0.1) is 5.92 Å². The van der Waals surface area contributed by atoms with Crippen LogP contribution in [0.15, 0.2) is 30.3 Å². The molecule has 17 heavy (non-hydrogen) atoms. The molecule has 1 aliphatic rings. The third-order valence-corrected chi connectivity index (χ3v) is 3.88. The molecule has 0 bridgehead atoms. The van der Waals surface area contributed by atoms with Crippen molar-refractivity contribution in [3.63, 3.8) is 0 Å². The van der Waals surface area contributed by atoms with Crippen molar-refractivity contribution in [3.05, 3.63) is 35.9 Å². The Morgan fingerprint density at radius 2 is 2.12 bits per heavy atom. The van der Waals surface area contributed by atoms with Gasteiger partial charge in [0.1, 0.15) is 0 Å². The van der Waals surface area contributed by atoms with Gasteiger partial charge in [-0.1, -0.05) is 30.3 Å². The van der Waals surface area contributed by atoms with Gasteiger partial charge in [0.05, 0.1) is 0 Å². The summed E-state index contributed by atoms with van der Waals surface area (Å²) in [5.41, 5.74) is 7.23. The van der Waals surface area contributed by atoms with Crippen molar-refractivity contribution in [3.8, 4) is 0 Å². The molecular weight excluding hydrogens is 208 g/mol. The second kappa shape index (κ2) is 6.18. The third-order valence-electron chi connectivity index (χ3n) is 3.88. The third kappa shape index (κ3) is 3.55. The lowest BCUT2D eigenvalue weighted by molar-refractivity contribution is 0.134. The summed E-state index contributed by atoms with van der Waals surface area (Å²) >= 11 is 0. The Hall–Kier alpha value is -0.860. The first-order chi connectivity index (χ1) is 8.29. The summed E-state index contributed by atoms with van der Waals surface area (Å²) in [6.07, 6.45) is 3.77. The monoisotopic (exact) mass is 232 g/mol. The number of nitrogens with zero attached hydrogens (tertiary/aromatic N) is 1. The summed E-state index contributed by atoms with van der Waals surface area (Å²) in [5, 5.41) is 0. The molecule has 0 spiro atoms. The predicted molar refractivity (Wildman–Crippen MR) is 73.0 cm³/mol. The molecule has 2 N–H and O–H groups in total. The highest BCUT2D eigenvalue weighted by Gasteiger charge is 2.22. The first-order valence-electron chi connectivity index (χ1n) is 6.77. The van der Waals surface area contributed by atoms with Crippen molar-refractivity contribution in [2.45, 2.75) is 32.2 Å². The topological polar surface area (TPSA) is 29.3 Å². The van der Waals surface area contributed by atoms with Gasteiger partial charge in [0, 0.05) is 12.6 Å². The van der Waals surface area contributed by atoms with E-state index >= 15 is 0 Å². The maximum atomic E-state index is 5.79. The number of nitrogens with two attached hydrogens (primary N) is 1. The van der Waals surface area contributed by atoms with Gasteiger partial charge in [-0.3, -0.25) is 0 Å². The second-order valence-electron chi connectivity index (χ2n) is 5.28. The first-order valence-corrected chi connectivity index (χ1v) is 6.77. The van der Waals surface area contributed by atoms with Crippen molar-refractivity contribution in [2.24, 2.45) is 11.7 Å². The average molecular weight is 232 g/mol. The van der Waals surface area contributed by atoms with E-state index < -0.39 is 0 Å². The van der Waals surface area contributed by atoms with Crippen LogP contribution in [0.5, 0.6) is 0 Å². The summed E-state index contributed by atoms with van der Waals surface area (Å²) < 4.78 is 0. The Morgan fingerprint density at radius 3 is 2.82 bits per heavy atom. The van der Waals surface area contributed by atoms with Gasteiger partial charge in [-0.15, -0.1) is 0 Å². The summed E-state index contributed by atoms with van der Waals surface area (Å²) in [7, 11) is 0. The number of benzene rings is 1. The van der Waals surface area contributed by atoms with Crippen LogP contribution in [-0.4, -0.2) is 30.6 Å². The summed E-state index contributed by atoms with van der Waals surface area (Å²) in [6.45, 7) is 5.61. The Labute approximate surface area is 105 Å². The zero-order valence-electron chi connectivity index (χ0n) is 10.8. The van der Waals surface area contributed by atoms with Crippen molar-refractivity contribution in [1.82, 2.24) is 4.90 Å². The molecule has 0 aliphatic carbocycles. The van der Waals surface area contributed by atoms with Crippen LogP contribution in [-0.2, 0) is 6.42 Å². The molecule has 1 aromatic carbocycles. The van der Waals surface area contributed by atoms with Gasteiger partial charge in [-0.05, 0) is 50.8 Å². The number of rotatable bonds is 4. The molecule has 0 aromatic heterocycles. The quantitative estimate of drug-likeness (QED) is 0.863. The zero-order valence-corrected chi connectivity index (χ0v) is 10.8. The highest BCUT2D eigenvalue weighted by molar-refractivity contribution is 5.15. The molecular formula is C15H24N2. The lowest BCUT2D eigenvalue weighted by Gasteiger charge is -2.36. The van der Waals surface area contributed by atoms with Gasteiger partial charge in [-0.2, -0.15) is 0 Å². The summed E-state index contributed by atoms with van der Waals surface area (Å²) in [6, 6.07) is 11.4. The van der Waals surface area contributed by atoms with E-state index in [1.165, 1.54) is 31.5 Å². The van der Waals surface area contributed by atoms with Crippen LogP contribution in [0.3, 0.4) is 0 Å². The lowest BCUT2D eigenvalue weighted by Crippen LogP contribution is -2.44. The molecule has 0 saturated carbocycles. The molecule has 0 amide bonds. The van der Waals surface area contributed by atoms with Gasteiger partial charge in [0.2, 0.25) is 0 Å². The fraction of sp³-hybridized carbons (Fsp3) is 0.600. The van der Waals surface area contributed by atoms with Crippen molar-refractivity contribution in [1.29, 1.82) is 0 Å². The zero-order chi connectivity index (χ0) is 12.1. The van der Waals surface area contributed by atoms with Gasteiger partial charge < -0.3 is 10.6 Å². The van der Waals surface area contributed by atoms with E-state index in [2.05, 4.69) is 42.2 Å². The van der Waals surface area contributed by atoms with Crippen molar-refractivity contribution < 1.29 is 0 Å². The van der Waals surface area contributed by atoms with Crippen molar-refractivity contribution >= 4 is 0 Å². The largest absolute Gasteiger partial charge is 0.330 e. The Kier molecular flexibility index (Phi) is 4.57. The van der Waals surface area contributed by atoms with Crippen LogP contribution in [0.4, 0.5) is 0 Å². The number of piperidine rings is 1. The van der Waals surface area contributed by atoms with E-state index in [1.807, 2.05) is 0 Å². The minimum absolute atomic E-state index is 0.631. The fourth-order valence-electron chi connectivity index (χ4n) is 2.77. The fourth-order valence-corrected chi connectivity index (χ4v) is 2.77. The summed E-state index contributed by atoms with van der Waals surface area (Å²) in [5.74, 6) is 0.710. The van der Waals surface area contributed by atoms with Crippen LogP contribution in [0.1, 0.15) is 25.3 Å². The Bertz CT molecular complexity index is 323. The smallest absolute Gasteiger partial charge is 0.0107 e. The van der Waals surface area contributed by atoms with E-state index in [0.717, 1.165) is 13.0 Å². The normalized spacial score (nSPS) is 23.5. The standard InChI is InChI=1S/C15H24N2/c1-13(10-14-6-3-2-4-7-14)17-9-5-8-15(11-16)12-17/h2-4,6-7,13,15H,5,8-12,16H2,1H3/t13-,15-/m0/s1. The van der Waals surface area contributed by atoms with Gasteiger partial charge in [-0.25, -0.2) is 0 Å². The highest BCUT2D eigenvalue weighted by Crippen LogP contribution is 2.19. The molecule has 2 heteroatoms. The first kappa shape index (κ1) is 12.6. The van der Waals surface area contributed by atoms with Gasteiger partial charge in [0.25, 0.3) is 0 Å². The van der Waals surface area contributed by atoms with Gasteiger partial charge >= 0.3 is 0 Å². The second-order valence-corrected chi connectivity index (χ2v) is 5.28. The number of hydrogen-bond donors (Lipinski definition) is 1. The maximum Gasteiger partial charge on any atom is 0.0107 e. The Balaban J connectivity index is 1.89. The molecule has 94 valence electrons. The molecule has 1 fully saturated rings. The van der Waals surface area contributed by atoms with Crippen molar-refractivity contribution in [2.75, 3.05) is 19.6 Å². The van der Waals surface area contributed by atoms with Crippen LogP contribution in [0.2, 0.25) is 0 Å². The molecule has 1 heterocycles. The minimum Gasteiger partial charge on any atom is -0.330 e. The highest BCUT2D eigenvalue weighted by atomic mass is 15.2. The maximum absolute atomic E-state index is 5.79. The number of hydrogen-bond acceptors (Lipinski definition) is 2. The van der Waals surface area contributed by atoms with Crippen LogP contribution < -0.4 is 5.73 Å². The Morgan fingerprint density at radius 1 is 1.35 bits per heavy atom. The van der Waals surface area contributed by atoms with E-state index in [9.17, 15) is 0 Å². The molecule has 2 atom stereocenters. The average Bonchev–Trinajstić information content (AvgIpc) is 2.40. The summed E-state index contributed by atoms with van der Waals surface area (Å²) in [4.78, 5) is 2.61. The van der Waals surface area contributed by atoms with E-state index in [-0.39, 0.29) is 0 Å². The number of likely N-dealkylation sites (tertiary alicyclic amines) is 1.